The zero-order valence-corrected chi connectivity index (χ0v) is 13.0. The van der Waals surface area contributed by atoms with Gasteiger partial charge in [0.15, 0.2) is 0 Å². The van der Waals surface area contributed by atoms with Gasteiger partial charge < -0.3 is 10.1 Å². The van der Waals surface area contributed by atoms with E-state index in [9.17, 15) is 12.8 Å². The molecule has 0 saturated heterocycles. The maximum atomic E-state index is 13.5. The van der Waals surface area contributed by atoms with E-state index in [-0.39, 0.29) is 23.6 Å². The number of hydrogen-bond donors (Lipinski definition) is 2. The summed E-state index contributed by atoms with van der Waals surface area (Å²) in [7, 11) is -1.93. The summed E-state index contributed by atoms with van der Waals surface area (Å²) in [6.45, 7) is 2.83. The summed E-state index contributed by atoms with van der Waals surface area (Å²) in [5.74, 6) is -0.414. The Kier molecular flexibility index (Phi) is 5.32. The zero-order valence-electron chi connectivity index (χ0n) is 12.2. The highest BCUT2D eigenvalue weighted by atomic mass is 32.2. The largest absolute Gasteiger partial charge is 0.378 e. The van der Waals surface area contributed by atoms with E-state index in [1.54, 1.807) is 7.05 Å². The first-order valence-electron chi connectivity index (χ1n) is 7.03. The van der Waals surface area contributed by atoms with Crippen LogP contribution in [0.1, 0.15) is 25.3 Å². The van der Waals surface area contributed by atoms with E-state index < -0.39 is 15.8 Å². The highest BCUT2D eigenvalue weighted by Gasteiger charge is 2.33. The molecule has 0 bridgehead atoms. The molecule has 1 aliphatic rings. The second kappa shape index (κ2) is 6.83. The molecule has 1 aliphatic carbocycles. The van der Waals surface area contributed by atoms with E-state index in [1.165, 1.54) is 18.2 Å². The summed E-state index contributed by atoms with van der Waals surface area (Å²) < 4.78 is 46.1. The summed E-state index contributed by atoms with van der Waals surface area (Å²) in [6, 6.07) is 3.73. The maximum Gasteiger partial charge on any atom is 0.240 e. The number of ether oxygens (including phenoxy) is 1. The molecule has 0 amide bonds. The van der Waals surface area contributed by atoms with Gasteiger partial charge in [0.2, 0.25) is 10.0 Å². The minimum Gasteiger partial charge on any atom is -0.378 e. The summed E-state index contributed by atoms with van der Waals surface area (Å²) in [4.78, 5) is 0.0917. The molecule has 0 atom stereocenters. The van der Waals surface area contributed by atoms with Gasteiger partial charge >= 0.3 is 0 Å². The van der Waals surface area contributed by atoms with Gasteiger partial charge in [0.25, 0.3) is 0 Å². The van der Waals surface area contributed by atoms with Crippen LogP contribution in [0.3, 0.4) is 0 Å². The number of sulfonamides is 1. The average Bonchev–Trinajstić information content (AvgIpc) is 2.39. The molecule has 0 aromatic heterocycles. The van der Waals surface area contributed by atoms with Crippen molar-refractivity contribution in [1.29, 1.82) is 0 Å². The third kappa shape index (κ3) is 4.00. The van der Waals surface area contributed by atoms with Gasteiger partial charge in [0.1, 0.15) is 5.82 Å². The SMILES string of the molecule is CCOC1CC(NS(=O)(=O)c2ccc(F)c(CNC)c2)C1. The zero-order chi connectivity index (χ0) is 15.5. The van der Waals surface area contributed by atoms with Crippen LogP contribution in [0.5, 0.6) is 0 Å². The summed E-state index contributed by atoms with van der Waals surface area (Å²) in [5.41, 5.74) is 0.334. The van der Waals surface area contributed by atoms with Crippen molar-refractivity contribution in [3.8, 4) is 0 Å². The third-order valence-corrected chi connectivity index (χ3v) is 5.03. The van der Waals surface area contributed by atoms with Crippen molar-refractivity contribution in [2.45, 2.75) is 43.4 Å². The molecule has 7 heteroatoms. The molecule has 21 heavy (non-hydrogen) atoms. The first-order valence-corrected chi connectivity index (χ1v) is 8.51. The fourth-order valence-electron chi connectivity index (χ4n) is 2.37. The molecule has 1 aromatic carbocycles. The Morgan fingerprint density at radius 2 is 2.10 bits per heavy atom. The fourth-order valence-corrected chi connectivity index (χ4v) is 3.68. The lowest BCUT2D eigenvalue weighted by Crippen LogP contribution is -2.47. The van der Waals surface area contributed by atoms with Gasteiger partial charge in [0, 0.05) is 24.8 Å². The average molecular weight is 316 g/mol. The molecule has 118 valence electrons. The summed E-state index contributed by atoms with van der Waals surface area (Å²) in [5, 5.41) is 2.81. The van der Waals surface area contributed by atoms with Crippen molar-refractivity contribution >= 4 is 10.0 Å². The van der Waals surface area contributed by atoms with Crippen LogP contribution < -0.4 is 10.0 Å². The minimum atomic E-state index is -3.62. The van der Waals surface area contributed by atoms with E-state index in [1.807, 2.05) is 6.92 Å². The Bertz CT molecular complexity index is 586. The molecule has 0 aliphatic heterocycles. The van der Waals surface area contributed by atoms with Crippen molar-refractivity contribution < 1.29 is 17.5 Å². The predicted molar refractivity (Wildman–Crippen MR) is 77.9 cm³/mol. The number of benzene rings is 1. The lowest BCUT2D eigenvalue weighted by molar-refractivity contribution is -0.00475. The standard InChI is InChI=1S/C14H21FN2O3S/c1-3-20-12-7-11(8-12)17-21(18,19)13-4-5-14(15)10(6-13)9-16-2/h4-6,11-12,16-17H,3,7-9H2,1-2H3. The molecule has 5 nitrogen and oxygen atoms in total. The van der Waals surface area contributed by atoms with Gasteiger partial charge in [-0.3, -0.25) is 0 Å². The Morgan fingerprint density at radius 3 is 2.71 bits per heavy atom. The van der Waals surface area contributed by atoms with Crippen LogP contribution in [-0.2, 0) is 21.3 Å². The van der Waals surface area contributed by atoms with Crippen molar-refractivity contribution in [1.82, 2.24) is 10.0 Å². The normalized spacial score (nSPS) is 22.0. The van der Waals surface area contributed by atoms with Crippen LogP contribution in [0.25, 0.3) is 0 Å². The van der Waals surface area contributed by atoms with Crippen molar-refractivity contribution in [2.75, 3.05) is 13.7 Å². The Labute approximate surface area is 124 Å². The van der Waals surface area contributed by atoms with Crippen molar-refractivity contribution in [2.24, 2.45) is 0 Å². The van der Waals surface area contributed by atoms with Crippen LogP contribution in [0.2, 0.25) is 0 Å². The van der Waals surface area contributed by atoms with Gasteiger partial charge in [-0.05, 0) is 45.0 Å². The van der Waals surface area contributed by atoms with E-state index in [0.717, 1.165) is 0 Å². The van der Waals surface area contributed by atoms with Crippen LogP contribution in [0.4, 0.5) is 4.39 Å². The lowest BCUT2D eigenvalue weighted by atomic mass is 9.90. The number of halogens is 1. The molecule has 0 unspecified atom stereocenters. The molecule has 1 aromatic rings. The quantitative estimate of drug-likeness (QED) is 0.798. The molecule has 0 heterocycles. The molecule has 1 saturated carbocycles. The fraction of sp³-hybridized carbons (Fsp3) is 0.571. The topological polar surface area (TPSA) is 67.4 Å². The third-order valence-electron chi connectivity index (χ3n) is 3.51. The minimum absolute atomic E-state index is 0.0917. The highest BCUT2D eigenvalue weighted by molar-refractivity contribution is 7.89. The first kappa shape index (κ1) is 16.4. The molecular formula is C14H21FN2O3S. The number of nitrogens with one attached hydrogen (secondary N) is 2. The Morgan fingerprint density at radius 1 is 1.38 bits per heavy atom. The first-order chi connectivity index (χ1) is 9.96. The maximum absolute atomic E-state index is 13.5. The van der Waals surface area contributed by atoms with E-state index >= 15 is 0 Å². The van der Waals surface area contributed by atoms with Crippen LogP contribution in [-0.4, -0.2) is 34.2 Å². The summed E-state index contributed by atoms with van der Waals surface area (Å²) in [6.07, 6.45) is 1.49. The van der Waals surface area contributed by atoms with Gasteiger partial charge in [0.05, 0.1) is 11.0 Å². The van der Waals surface area contributed by atoms with Crippen LogP contribution in [0.15, 0.2) is 23.1 Å². The van der Waals surface area contributed by atoms with E-state index in [2.05, 4.69) is 10.0 Å². The summed E-state index contributed by atoms with van der Waals surface area (Å²) >= 11 is 0. The molecule has 0 radical (unpaired) electrons. The van der Waals surface area contributed by atoms with Gasteiger partial charge in [-0.2, -0.15) is 0 Å². The molecule has 0 spiro atoms. The molecule has 2 N–H and O–H groups in total. The number of hydrogen-bond acceptors (Lipinski definition) is 4. The molecular weight excluding hydrogens is 295 g/mol. The second-order valence-electron chi connectivity index (χ2n) is 5.15. The van der Waals surface area contributed by atoms with Crippen molar-refractivity contribution in [3.05, 3.63) is 29.6 Å². The Hall–Kier alpha value is -1.02. The van der Waals surface area contributed by atoms with Crippen LogP contribution >= 0.6 is 0 Å². The monoisotopic (exact) mass is 316 g/mol. The highest BCUT2D eigenvalue weighted by Crippen LogP contribution is 2.25. The lowest BCUT2D eigenvalue weighted by Gasteiger charge is -2.35. The van der Waals surface area contributed by atoms with Gasteiger partial charge in [-0.1, -0.05) is 0 Å². The molecule has 2 rings (SSSR count). The van der Waals surface area contributed by atoms with E-state index in [4.69, 9.17) is 4.74 Å². The number of rotatable bonds is 7. The smallest absolute Gasteiger partial charge is 0.240 e. The van der Waals surface area contributed by atoms with E-state index in [0.29, 0.717) is 25.0 Å². The van der Waals surface area contributed by atoms with Crippen LogP contribution in [0, 0.1) is 5.82 Å². The Balaban J connectivity index is 2.05. The van der Waals surface area contributed by atoms with Crippen molar-refractivity contribution in [3.63, 3.8) is 0 Å². The van der Waals surface area contributed by atoms with Gasteiger partial charge in [-0.15, -0.1) is 0 Å². The van der Waals surface area contributed by atoms with Gasteiger partial charge in [-0.25, -0.2) is 17.5 Å². The second-order valence-corrected chi connectivity index (χ2v) is 6.86. The predicted octanol–water partition coefficient (Wildman–Crippen LogP) is 1.39. The molecule has 1 fully saturated rings.